The Labute approximate surface area is 156 Å². The van der Waals surface area contributed by atoms with Gasteiger partial charge in [0.2, 0.25) is 0 Å². The Morgan fingerprint density at radius 1 is 1.19 bits per heavy atom. The number of amides is 1. The summed E-state index contributed by atoms with van der Waals surface area (Å²) in [5.41, 5.74) is 1.58. The van der Waals surface area contributed by atoms with Crippen LogP contribution in [-0.2, 0) is 6.54 Å². The molecular weight excluding hydrogens is 354 g/mol. The monoisotopic (exact) mass is 373 g/mol. The number of carbonyl (C=O) groups is 1. The lowest BCUT2D eigenvalue weighted by Gasteiger charge is -2.17. The molecule has 1 aliphatic carbocycles. The third-order valence-electron chi connectivity index (χ3n) is 4.57. The van der Waals surface area contributed by atoms with Crippen molar-refractivity contribution in [1.82, 2.24) is 5.32 Å². The zero-order chi connectivity index (χ0) is 18.5. The molecule has 2 aromatic rings. The summed E-state index contributed by atoms with van der Waals surface area (Å²) in [5, 5.41) is 17.8. The Kier molecular flexibility index (Phi) is 5.73. The Hall–Kier alpha value is -2.60. The number of nitrogens with zero attached hydrogens (tertiary/aromatic N) is 1. The van der Waals surface area contributed by atoms with E-state index in [1.165, 1.54) is 12.1 Å². The van der Waals surface area contributed by atoms with Gasteiger partial charge in [-0.25, -0.2) is 0 Å². The average molecular weight is 374 g/mol. The number of benzene rings is 2. The number of non-ortho nitro benzene ring substituents is 1. The van der Waals surface area contributed by atoms with Crippen molar-refractivity contribution >= 4 is 28.9 Å². The summed E-state index contributed by atoms with van der Waals surface area (Å²) >= 11 is 6.11. The van der Waals surface area contributed by atoms with Crippen LogP contribution in [0.4, 0.5) is 11.4 Å². The molecule has 1 amide bonds. The number of nitrogens with one attached hydrogen (secondary N) is 2. The van der Waals surface area contributed by atoms with Gasteiger partial charge in [0.15, 0.2) is 0 Å². The van der Waals surface area contributed by atoms with E-state index >= 15 is 0 Å². The Morgan fingerprint density at radius 2 is 1.92 bits per heavy atom. The molecular formula is C19H20ClN3O3. The first kappa shape index (κ1) is 18.2. The number of halogens is 1. The number of nitro groups is 1. The van der Waals surface area contributed by atoms with E-state index in [0.29, 0.717) is 16.8 Å². The molecule has 0 bridgehead atoms. The fourth-order valence-electron chi connectivity index (χ4n) is 3.16. The molecule has 1 fully saturated rings. The molecule has 0 spiro atoms. The number of anilines is 1. The van der Waals surface area contributed by atoms with Gasteiger partial charge >= 0.3 is 0 Å². The maximum absolute atomic E-state index is 12.7. The smallest absolute Gasteiger partial charge is 0.270 e. The Bertz CT molecular complexity index is 819. The van der Waals surface area contributed by atoms with Crippen molar-refractivity contribution in [1.29, 1.82) is 0 Å². The second-order valence-corrected chi connectivity index (χ2v) is 6.79. The maximum atomic E-state index is 12.7. The summed E-state index contributed by atoms with van der Waals surface area (Å²) in [6.45, 7) is 0.254. The quantitative estimate of drug-likeness (QED) is 0.575. The highest BCUT2D eigenvalue weighted by Gasteiger charge is 2.21. The molecule has 0 aliphatic heterocycles. The van der Waals surface area contributed by atoms with Gasteiger partial charge < -0.3 is 10.6 Å². The minimum Gasteiger partial charge on any atom is -0.382 e. The average Bonchev–Trinajstić information content (AvgIpc) is 3.14. The van der Waals surface area contributed by atoms with Gasteiger partial charge in [-0.15, -0.1) is 0 Å². The first-order chi connectivity index (χ1) is 12.5. The van der Waals surface area contributed by atoms with Crippen LogP contribution < -0.4 is 10.6 Å². The first-order valence-electron chi connectivity index (χ1n) is 8.61. The highest BCUT2D eigenvalue weighted by atomic mass is 35.5. The highest BCUT2D eigenvalue weighted by Crippen LogP contribution is 2.27. The lowest BCUT2D eigenvalue weighted by molar-refractivity contribution is -0.384. The topological polar surface area (TPSA) is 84.3 Å². The molecule has 3 rings (SSSR count). The van der Waals surface area contributed by atoms with E-state index in [1.54, 1.807) is 12.1 Å². The number of hydrogen-bond donors (Lipinski definition) is 2. The van der Waals surface area contributed by atoms with Crippen molar-refractivity contribution in [3.8, 4) is 0 Å². The fourth-order valence-corrected chi connectivity index (χ4v) is 3.36. The highest BCUT2D eigenvalue weighted by molar-refractivity contribution is 6.31. The van der Waals surface area contributed by atoms with Gasteiger partial charge in [-0.3, -0.25) is 14.9 Å². The van der Waals surface area contributed by atoms with Crippen molar-refractivity contribution in [2.75, 3.05) is 5.32 Å². The van der Waals surface area contributed by atoms with Crippen LogP contribution >= 0.6 is 11.6 Å². The summed E-state index contributed by atoms with van der Waals surface area (Å²) in [7, 11) is 0. The van der Waals surface area contributed by atoms with E-state index in [0.717, 1.165) is 31.2 Å². The van der Waals surface area contributed by atoms with Gasteiger partial charge in [-0.2, -0.15) is 0 Å². The second kappa shape index (κ2) is 8.19. The third kappa shape index (κ3) is 4.32. The molecule has 1 aliphatic rings. The zero-order valence-corrected chi connectivity index (χ0v) is 15.0. The van der Waals surface area contributed by atoms with Crippen LogP contribution in [0.5, 0.6) is 0 Å². The second-order valence-electron chi connectivity index (χ2n) is 6.39. The summed E-state index contributed by atoms with van der Waals surface area (Å²) in [6, 6.07) is 11.9. The summed E-state index contributed by atoms with van der Waals surface area (Å²) in [4.78, 5) is 23.3. The third-order valence-corrected chi connectivity index (χ3v) is 4.94. The van der Waals surface area contributed by atoms with Gasteiger partial charge in [0.05, 0.1) is 10.5 Å². The van der Waals surface area contributed by atoms with Crippen LogP contribution in [0.3, 0.4) is 0 Å². The van der Waals surface area contributed by atoms with Crippen LogP contribution in [0.25, 0.3) is 0 Å². The number of carbonyl (C=O) groups excluding carboxylic acids is 1. The van der Waals surface area contributed by atoms with Crippen LogP contribution in [-0.4, -0.2) is 16.9 Å². The SMILES string of the molecule is O=C(NCc1ccccc1Cl)c1cc([N+](=O)[O-])ccc1NC1CCCC1. The largest absolute Gasteiger partial charge is 0.382 e. The molecule has 0 saturated heterocycles. The van der Waals surface area contributed by atoms with Crippen molar-refractivity contribution in [2.24, 2.45) is 0 Å². The molecule has 2 N–H and O–H groups in total. The Balaban J connectivity index is 1.80. The predicted octanol–water partition coefficient (Wildman–Crippen LogP) is 4.53. The number of hydrogen-bond acceptors (Lipinski definition) is 4. The lowest BCUT2D eigenvalue weighted by Crippen LogP contribution is -2.25. The van der Waals surface area contributed by atoms with Crippen molar-refractivity contribution < 1.29 is 9.72 Å². The van der Waals surface area contributed by atoms with Crippen LogP contribution in [0.2, 0.25) is 5.02 Å². The molecule has 7 heteroatoms. The summed E-state index contributed by atoms with van der Waals surface area (Å²) in [6.07, 6.45) is 4.38. The fraction of sp³-hybridized carbons (Fsp3) is 0.316. The van der Waals surface area contributed by atoms with Gasteiger partial charge in [-0.1, -0.05) is 42.6 Å². The van der Waals surface area contributed by atoms with E-state index in [2.05, 4.69) is 10.6 Å². The minimum absolute atomic E-state index is 0.107. The van der Waals surface area contributed by atoms with E-state index in [-0.39, 0.29) is 23.7 Å². The molecule has 0 heterocycles. The molecule has 136 valence electrons. The van der Waals surface area contributed by atoms with Gasteiger partial charge in [0, 0.05) is 35.4 Å². The number of rotatable bonds is 6. The molecule has 2 aromatic carbocycles. The molecule has 26 heavy (non-hydrogen) atoms. The van der Waals surface area contributed by atoms with Gasteiger partial charge in [0.25, 0.3) is 11.6 Å². The van der Waals surface area contributed by atoms with E-state index < -0.39 is 4.92 Å². The lowest BCUT2D eigenvalue weighted by atomic mass is 10.1. The maximum Gasteiger partial charge on any atom is 0.270 e. The van der Waals surface area contributed by atoms with Crippen LogP contribution in [0.15, 0.2) is 42.5 Å². The normalized spacial score (nSPS) is 14.2. The molecule has 1 saturated carbocycles. The molecule has 0 aromatic heterocycles. The van der Waals surface area contributed by atoms with Crippen molar-refractivity contribution in [2.45, 2.75) is 38.3 Å². The standard InChI is InChI=1S/C19H20ClN3O3/c20-17-8-4-1-5-13(17)12-21-19(24)16-11-15(23(25)26)9-10-18(16)22-14-6-2-3-7-14/h1,4-5,8-11,14,22H,2-3,6-7,12H2,(H,21,24). The molecule has 0 atom stereocenters. The van der Waals surface area contributed by atoms with Gasteiger partial charge in [0.1, 0.15) is 0 Å². The van der Waals surface area contributed by atoms with Crippen molar-refractivity contribution in [3.05, 3.63) is 68.7 Å². The molecule has 6 nitrogen and oxygen atoms in total. The molecule has 0 radical (unpaired) electrons. The predicted molar refractivity (Wildman–Crippen MR) is 102 cm³/mol. The minimum atomic E-state index is -0.496. The van der Waals surface area contributed by atoms with Crippen molar-refractivity contribution in [3.63, 3.8) is 0 Å². The van der Waals surface area contributed by atoms with E-state index in [4.69, 9.17) is 11.6 Å². The zero-order valence-electron chi connectivity index (χ0n) is 14.2. The van der Waals surface area contributed by atoms with E-state index in [1.807, 2.05) is 18.2 Å². The van der Waals surface area contributed by atoms with Crippen LogP contribution in [0, 0.1) is 10.1 Å². The summed E-state index contributed by atoms with van der Waals surface area (Å²) < 4.78 is 0. The van der Waals surface area contributed by atoms with Gasteiger partial charge in [-0.05, 0) is 30.5 Å². The Morgan fingerprint density at radius 3 is 2.62 bits per heavy atom. The number of nitro benzene ring substituents is 1. The van der Waals surface area contributed by atoms with Crippen LogP contribution in [0.1, 0.15) is 41.6 Å². The first-order valence-corrected chi connectivity index (χ1v) is 8.99. The molecule has 0 unspecified atom stereocenters. The van der Waals surface area contributed by atoms with E-state index in [9.17, 15) is 14.9 Å². The summed E-state index contributed by atoms with van der Waals surface area (Å²) in [5.74, 6) is -0.367.